The van der Waals surface area contributed by atoms with Crippen LogP contribution in [0, 0.1) is 0 Å². The normalized spacial score (nSPS) is 28.8. The van der Waals surface area contributed by atoms with E-state index in [0.29, 0.717) is 12.2 Å². The fourth-order valence-corrected chi connectivity index (χ4v) is 1.76. The molecule has 0 spiro atoms. The average molecular weight is 184 g/mol. The summed E-state index contributed by atoms with van der Waals surface area (Å²) in [5, 5.41) is 0. The van der Waals surface area contributed by atoms with Gasteiger partial charge in [0.2, 0.25) is 0 Å². The van der Waals surface area contributed by atoms with Gasteiger partial charge in [-0.05, 0) is 32.6 Å². The van der Waals surface area contributed by atoms with E-state index in [1.54, 1.807) is 0 Å². The number of ether oxygens (including phenoxy) is 1. The van der Waals surface area contributed by atoms with Crippen molar-refractivity contribution in [3.05, 3.63) is 0 Å². The number of carbonyl (C=O) groups is 1. The fourth-order valence-electron chi connectivity index (χ4n) is 1.76. The smallest absolute Gasteiger partial charge is 0.164 e. The van der Waals surface area contributed by atoms with Gasteiger partial charge in [0.25, 0.3) is 0 Å². The molecule has 0 N–H and O–H groups in total. The highest BCUT2D eigenvalue weighted by molar-refractivity contribution is 5.86. The minimum atomic E-state index is -0.451. The number of rotatable bonds is 4. The molecule has 1 heterocycles. The van der Waals surface area contributed by atoms with Crippen molar-refractivity contribution in [3.63, 3.8) is 0 Å². The number of hydrogen-bond acceptors (Lipinski definition) is 2. The Hall–Kier alpha value is -0.370. The van der Waals surface area contributed by atoms with Crippen LogP contribution in [-0.2, 0) is 9.53 Å². The Morgan fingerprint density at radius 3 is 2.77 bits per heavy atom. The largest absolute Gasteiger partial charge is 0.368 e. The molecule has 0 bridgehead atoms. The van der Waals surface area contributed by atoms with E-state index in [4.69, 9.17) is 4.74 Å². The molecule has 0 aromatic carbocycles. The lowest BCUT2D eigenvalue weighted by Gasteiger charge is -2.32. The van der Waals surface area contributed by atoms with Gasteiger partial charge in [0, 0.05) is 13.0 Å². The Morgan fingerprint density at radius 1 is 1.46 bits per heavy atom. The molecule has 13 heavy (non-hydrogen) atoms. The first kappa shape index (κ1) is 10.7. The van der Waals surface area contributed by atoms with Gasteiger partial charge >= 0.3 is 0 Å². The molecule has 1 aliphatic heterocycles. The Balaban J connectivity index is 2.42. The van der Waals surface area contributed by atoms with Gasteiger partial charge in [-0.2, -0.15) is 0 Å². The third-order valence-corrected chi connectivity index (χ3v) is 2.82. The van der Waals surface area contributed by atoms with Gasteiger partial charge in [-0.1, -0.05) is 13.3 Å². The summed E-state index contributed by atoms with van der Waals surface area (Å²) >= 11 is 0. The van der Waals surface area contributed by atoms with Gasteiger partial charge in [0.15, 0.2) is 5.78 Å². The second-order valence-electron chi connectivity index (χ2n) is 4.06. The van der Waals surface area contributed by atoms with Gasteiger partial charge < -0.3 is 4.74 Å². The van der Waals surface area contributed by atoms with Crippen molar-refractivity contribution in [2.45, 2.75) is 58.0 Å². The average Bonchev–Trinajstić information content (AvgIpc) is 2.15. The second-order valence-corrected chi connectivity index (χ2v) is 4.06. The van der Waals surface area contributed by atoms with Crippen LogP contribution in [0.3, 0.4) is 0 Å². The van der Waals surface area contributed by atoms with Crippen molar-refractivity contribution < 1.29 is 9.53 Å². The van der Waals surface area contributed by atoms with E-state index in [0.717, 1.165) is 38.7 Å². The molecule has 0 aromatic rings. The number of Topliss-reactive ketones (excluding diaryl/α,β-unsaturated/α-hetero) is 1. The Kier molecular flexibility index (Phi) is 3.91. The third kappa shape index (κ3) is 2.80. The number of hydrogen-bond donors (Lipinski definition) is 0. The minimum absolute atomic E-state index is 0.300. The first-order chi connectivity index (χ1) is 6.19. The van der Waals surface area contributed by atoms with Crippen molar-refractivity contribution in [2.75, 3.05) is 6.61 Å². The van der Waals surface area contributed by atoms with Crippen molar-refractivity contribution in [3.8, 4) is 0 Å². The van der Waals surface area contributed by atoms with Crippen LogP contribution in [0.1, 0.15) is 52.4 Å². The first-order valence-electron chi connectivity index (χ1n) is 5.36. The second kappa shape index (κ2) is 4.75. The maximum atomic E-state index is 11.8. The van der Waals surface area contributed by atoms with E-state index in [1.807, 2.05) is 6.92 Å². The Bertz CT molecular complexity index is 169. The molecule has 0 aromatic heterocycles. The van der Waals surface area contributed by atoms with Gasteiger partial charge in [0.1, 0.15) is 5.60 Å². The van der Waals surface area contributed by atoms with Crippen LogP contribution < -0.4 is 0 Å². The standard InChI is InChI=1S/C11H20O2/c1-3-4-7-10(12)11(2)8-5-6-9-13-11/h3-9H2,1-2H3. The van der Waals surface area contributed by atoms with E-state index >= 15 is 0 Å². The lowest BCUT2D eigenvalue weighted by Crippen LogP contribution is -2.41. The highest BCUT2D eigenvalue weighted by atomic mass is 16.5. The van der Waals surface area contributed by atoms with E-state index in [-0.39, 0.29) is 0 Å². The first-order valence-corrected chi connectivity index (χ1v) is 5.36. The minimum Gasteiger partial charge on any atom is -0.368 e. The van der Waals surface area contributed by atoms with Gasteiger partial charge in [-0.3, -0.25) is 4.79 Å². The predicted molar refractivity (Wildman–Crippen MR) is 52.7 cm³/mol. The van der Waals surface area contributed by atoms with Crippen LogP contribution in [0.4, 0.5) is 0 Å². The molecule has 0 saturated carbocycles. The highest BCUT2D eigenvalue weighted by Gasteiger charge is 2.34. The molecule has 0 radical (unpaired) electrons. The zero-order valence-electron chi connectivity index (χ0n) is 8.77. The van der Waals surface area contributed by atoms with Crippen molar-refractivity contribution in [1.29, 1.82) is 0 Å². The van der Waals surface area contributed by atoms with Gasteiger partial charge in [0.05, 0.1) is 0 Å². The summed E-state index contributed by atoms with van der Waals surface area (Å²) in [6.45, 7) is 4.82. The highest BCUT2D eigenvalue weighted by Crippen LogP contribution is 2.26. The van der Waals surface area contributed by atoms with Crippen molar-refractivity contribution in [1.82, 2.24) is 0 Å². The molecule has 76 valence electrons. The van der Waals surface area contributed by atoms with Gasteiger partial charge in [-0.15, -0.1) is 0 Å². The monoisotopic (exact) mass is 184 g/mol. The fraction of sp³-hybridized carbons (Fsp3) is 0.909. The quantitative estimate of drug-likeness (QED) is 0.671. The number of unbranched alkanes of at least 4 members (excludes halogenated alkanes) is 1. The van der Waals surface area contributed by atoms with Crippen LogP contribution >= 0.6 is 0 Å². The summed E-state index contributed by atoms with van der Waals surface area (Å²) in [5.74, 6) is 0.300. The topological polar surface area (TPSA) is 26.3 Å². The molecule has 0 aliphatic carbocycles. The van der Waals surface area contributed by atoms with Crippen molar-refractivity contribution >= 4 is 5.78 Å². The third-order valence-electron chi connectivity index (χ3n) is 2.82. The molecule has 1 unspecified atom stereocenters. The van der Waals surface area contributed by atoms with Crippen LogP contribution in [0.2, 0.25) is 0 Å². The van der Waals surface area contributed by atoms with E-state index in [9.17, 15) is 4.79 Å². The molecule has 1 rings (SSSR count). The maximum absolute atomic E-state index is 11.8. The SMILES string of the molecule is CCCCC(=O)C1(C)CCCCO1. The summed E-state index contributed by atoms with van der Waals surface area (Å²) in [7, 11) is 0. The van der Waals surface area contributed by atoms with Crippen LogP contribution in [-0.4, -0.2) is 18.0 Å². The molecule has 1 aliphatic rings. The molecule has 1 fully saturated rings. The Labute approximate surface area is 80.7 Å². The molecule has 2 nitrogen and oxygen atoms in total. The molecular formula is C11H20O2. The van der Waals surface area contributed by atoms with Crippen LogP contribution in [0.5, 0.6) is 0 Å². The molecular weight excluding hydrogens is 164 g/mol. The molecule has 1 atom stereocenters. The molecule has 1 saturated heterocycles. The molecule has 0 amide bonds. The van der Waals surface area contributed by atoms with Crippen molar-refractivity contribution in [2.24, 2.45) is 0 Å². The summed E-state index contributed by atoms with van der Waals surface area (Å²) in [4.78, 5) is 11.8. The zero-order valence-corrected chi connectivity index (χ0v) is 8.77. The van der Waals surface area contributed by atoms with E-state index in [1.165, 1.54) is 0 Å². The lowest BCUT2D eigenvalue weighted by atomic mass is 9.89. The molecule has 2 heteroatoms. The zero-order chi connectivity index (χ0) is 9.73. The number of ketones is 1. The summed E-state index contributed by atoms with van der Waals surface area (Å²) in [6, 6.07) is 0. The van der Waals surface area contributed by atoms with Crippen LogP contribution in [0.25, 0.3) is 0 Å². The maximum Gasteiger partial charge on any atom is 0.164 e. The number of carbonyl (C=O) groups excluding carboxylic acids is 1. The van der Waals surface area contributed by atoms with E-state index in [2.05, 4.69) is 6.92 Å². The van der Waals surface area contributed by atoms with Crippen LogP contribution in [0.15, 0.2) is 0 Å². The summed E-state index contributed by atoms with van der Waals surface area (Å²) in [5.41, 5.74) is -0.451. The Morgan fingerprint density at radius 2 is 2.23 bits per heavy atom. The summed E-state index contributed by atoms with van der Waals surface area (Å²) in [6.07, 6.45) is 5.92. The van der Waals surface area contributed by atoms with E-state index < -0.39 is 5.60 Å². The predicted octanol–water partition coefficient (Wildman–Crippen LogP) is 2.70. The van der Waals surface area contributed by atoms with Gasteiger partial charge in [-0.25, -0.2) is 0 Å². The lowest BCUT2D eigenvalue weighted by molar-refractivity contribution is -0.148. The summed E-state index contributed by atoms with van der Waals surface area (Å²) < 4.78 is 5.57.